The standard InChI is InChI=1S/C32H41N5O5/c1-4-41-22-10-17-33-31(38)25-23-24(34-32(39)35-26-11-6-8-13-29(26)42-5-2)15-16-27(25)36-18-20-37(21-19-36)28-12-7-9-14-30(28)40-3/h6-9,11-16,23H,4-5,10,17-22H2,1-3H3,(H,33,38)(H2,34,35,39). The zero-order valence-electron chi connectivity index (χ0n) is 24.7. The van der Waals surface area contributed by atoms with Gasteiger partial charge in [-0.25, -0.2) is 4.79 Å². The second kappa shape index (κ2) is 15.5. The molecule has 3 aromatic rings. The molecule has 10 nitrogen and oxygen atoms in total. The third kappa shape index (κ3) is 8.07. The van der Waals surface area contributed by atoms with Crippen LogP contribution < -0.4 is 35.2 Å². The molecule has 0 radical (unpaired) electrons. The Labute approximate surface area is 247 Å². The van der Waals surface area contributed by atoms with Crippen LogP contribution in [0.25, 0.3) is 0 Å². The largest absolute Gasteiger partial charge is 0.495 e. The van der Waals surface area contributed by atoms with Crippen LogP contribution >= 0.6 is 0 Å². The highest BCUT2D eigenvalue weighted by Crippen LogP contribution is 2.31. The molecule has 0 saturated carbocycles. The lowest BCUT2D eigenvalue weighted by Gasteiger charge is -2.38. The number of methoxy groups -OCH3 is 1. The number of rotatable bonds is 13. The number of carbonyl (C=O) groups is 2. The summed E-state index contributed by atoms with van der Waals surface area (Å²) in [5.74, 6) is 1.24. The van der Waals surface area contributed by atoms with Crippen molar-refractivity contribution in [2.75, 3.05) is 80.1 Å². The molecule has 42 heavy (non-hydrogen) atoms. The van der Waals surface area contributed by atoms with Crippen LogP contribution in [-0.4, -0.2) is 71.6 Å². The minimum absolute atomic E-state index is 0.195. The molecule has 0 unspecified atom stereocenters. The van der Waals surface area contributed by atoms with Crippen LogP contribution in [0.3, 0.4) is 0 Å². The fourth-order valence-electron chi connectivity index (χ4n) is 4.90. The molecule has 0 aliphatic carbocycles. The van der Waals surface area contributed by atoms with Gasteiger partial charge in [-0.05, 0) is 62.7 Å². The molecule has 1 aliphatic rings. The van der Waals surface area contributed by atoms with E-state index in [9.17, 15) is 9.59 Å². The quantitative estimate of drug-likeness (QED) is 0.240. The molecule has 0 bridgehead atoms. The van der Waals surface area contributed by atoms with Crippen molar-refractivity contribution in [3.63, 3.8) is 0 Å². The Morgan fingerprint density at radius 1 is 0.810 bits per heavy atom. The molecule has 224 valence electrons. The average Bonchev–Trinajstić information content (AvgIpc) is 3.02. The van der Waals surface area contributed by atoms with E-state index in [1.54, 1.807) is 25.3 Å². The Morgan fingerprint density at radius 3 is 2.21 bits per heavy atom. The maximum atomic E-state index is 13.4. The van der Waals surface area contributed by atoms with Crippen LogP contribution in [0, 0.1) is 0 Å². The Morgan fingerprint density at radius 2 is 1.50 bits per heavy atom. The Bertz CT molecular complexity index is 1330. The third-order valence-electron chi connectivity index (χ3n) is 6.94. The van der Waals surface area contributed by atoms with E-state index in [0.717, 1.165) is 43.3 Å². The van der Waals surface area contributed by atoms with E-state index in [4.69, 9.17) is 14.2 Å². The first kappa shape index (κ1) is 30.5. The molecule has 1 aliphatic heterocycles. The fraction of sp³-hybridized carbons (Fsp3) is 0.375. The Hall–Kier alpha value is -4.44. The minimum Gasteiger partial charge on any atom is -0.495 e. The van der Waals surface area contributed by atoms with E-state index < -0.39 is 6.03 Å². The first-order chi connectivity index (χ1) is 20.5. The van der Waals surface area contributed by atoms with Crippen molar-refractivity contribution >= 4 is 34.7 Å². The summed E-state index contributed by atoms with van der Waals surface area (Å²) in [6.07, 6.45) is 0.714. The van der Waals surface area contributed by atoms with Crippen molar-refractivity contribution < 1.29 is 23.8 Å². The zero-order chi connectivity index (χ0) is 29.7. The van der Waals surface area contributed by atoms with Crippen molar-refractivity contribution in [2.24, 2.45) is 0 Å². The highest BCUT2D eigenvalue weighted by Gasteiger charge is 2.24. The van der Waals surface area contributed by atoms with Crippen LogP contribution in [0.15, 0.2) is 66.7 Å². The van der Waals surface area contributed by atoms with Gasteiger partial charge in [0.25, 0.3) is 5.91 Å². The Kier molecular flexibility index (Phi) is 11.3. The summed E-state index contributed by atoms with van der Waals surface area (Å²) in [5, 5.41) is 8.71. The van der Waals surface area contributed by atoms with Crippen molar-refractivity contribution in [3.8, 4) is 11.5 Å². The summed E-state index contributed by atoms with van der Waals surface area (Å²) in [4.78, 5) is 30.8. The number of hydrogen-bond donors (Lipinski definition) is 3. The van der Waals surface area contributed by atoms with E-state index in [-0.39, 0.29) is 5.91 Å². The molecule has 1 fully saturated rings. The van der Waals surface area contributed by atoms with Gasteiger partial charge in [-0.2, -0.15) is 0 Å². The monoisotopic (exact) mass is 575 g/mol. The number of nitrogens with zero attached hydrogens (tertiary/aromatic N) is 2. The minimum atomic E-state index is -0.427. The maximum Gasteiger partial charge on any atom is 0.323 e. The average molecular weight is 576 g/mol. The number of anilines is 4. The lowest BCUT2D eigenvalue weighted by atomic mass is 10.1. The van der Waals surface area contributed by atoms with Gasteiger partial charge in [-0.3, -0.25) is 4.79 Å². The van der Waals surface area contributed by atoms with E-state index in [1.807, 2.05) is 56.3 Å². The number of carbonyl (C=O) groups excluding carboxylic acids is 2. The SMILES string of the molecule is CCOCCCNC(=O)c1cc(NC(=O)Nc2ccccc2OCC)ccc1N1CCN(c2ccccc2OC)CC1. The summed E-state index contributed by atoms with van der Waals surface area (Å²) in [6, 6.07) is 20.3. The lowest BCUT2D eigenvalue weighted by Crippen LogP contribution is -2.47. The van der Waals surface area contributed by atoms with E-state index in [2.05, 4.69) is 31.8 Å². The molecule has 0 atom stereocenters. The molecule has 1 heterocycles. The molecule has 4 rings (SSSR count). The van der Waals surface area contributed by atoms with E-state index >= 15 is 0 Å². The summed E-state index contributed by atoms with van der Waals surface area (Å²) >= 11 is 0. The molecular formula is C32H41N5O5. The first-order valence-corrected chi connectivity index (χ1v) is 14.5. The molecule has 3 aromatic carbocycles. The highest BCUT2D eigenvalue weighted by molar-refractivity contribution is 6.04. The van der Waals surface area contributed by atoms with Crippen LogP contribution in [-0.2, 0) is 4.74 Å². The van der Waals surface area contributed by atoms with Gasteiger partial charge >= 0.3 is 6.03 Å². The molecule has 1 saturated heterocycles. The van der Waals surface area contributed by atoms with Crippen LogP contribution in [0.4, 0.5) is 27.5 Å². The number of nitrogens with one attached hydrogen (secondary N) is 3. The molecular weight excluding hydrogens is 534 g/mol. The van der Waals surface area contributed by atoms with Crippen LogP contribution in [0.1, 0.15) is 30.6 Å². The van der Waals surface area contributed by atoms with Gasteiger partial charge in [-0.1, -0.05) is 24.3 Å². The van der Waals surface area contributed by atoms with Gasteiger partial charge in [0, 0.05) is 57.3 Å². The number of piperazine rings is 1. The van der Waals surface area contributed by atoms with Crippen LogP contribution in [0.2, 0.25) is 0 Å². The summed E-state index contributed by atoms with van der Waals surface area (Å²) in [7, 11) is 1.68. The first-order valence-electron chi connectivity index (χ1n) is 14.5. The molecule has 3 N–H and O–H groups in total. The van der Waals surface area contributed by atoms with Crippen molar-refractivity contribution in [2.45, 2.75) is 20.3 Å². The predicted octanol–water partition coefficient (Wildman–Crippen LogP) is 5.22. The number of amides is 3. The van der Waals surface area contributed by atoms with Gasteiger partial charge in [0.1, 0.15) is 11.5 Å². The maximum absolute atomic E-state index is 13.4. The van der Waals surface area contributed by atoms with Gasteiger partial charge < -0.3 is 40.0 Å². The number of benzene rings is 3. The van der Waals surface area contributed by atoms with E-state index in [0.29, 0.717) is 55.5 Å². The lowest BCUT2D eigenvalue weighted by molar-refractivity contribution is 0.0944. The smallest absolute Gasteiger partial charge is 0.323 e. The zero-order valence-corrected chi connectivity index (χ0v) is 24.7. The second-order valence-corrected chi connectivity index (χ2v) is 9.69. The van der Waals surface area contributed by atoms with Crippen molar-refractivity contribution in [1.82, 2.24) is 5.32 Å². The van der Waals surface area contributed by atoms with Gasteiger partial charge in [0.2, 0.25) is 0 Å². The topological polar surface area (TPSA) is 104 Å². The molecule has 0 spiro atoms. The van der Waals surface area contributed by atoms with Crippen LogP contribution in [0.5, 0.6) is 11.5 Å². The third-order valence-corrected chi connectivity index (χ3v) is 6.94. The summed E-state index contributed by atoms with van der Waals surface area (Å²) in [5.41, 5.74) is 3.46. The van der Waals surface area contributed by atoms with Gasteiger partial charge in [0.05, 0.1) is 30.7 Å². The molecule has 3 amide bonds. The Balaban J connectivity index is 1.49. The number of hydrogen-bond acceptors (Lipinski definition) is 7. The van der Waals surface area contributed by atoms with E-state index in [1.165, 1.54) is 0 Å². The van der Waals surface area contributed by atoms with Gasteiger partial charge in [-0.15, -0.1) is 0 Å². The second-order valence-electron chi connectivity index (χ2n) is 9.69. The fourth-order valence-corrected chi connectivity index (χ4v) is 4.90. The normalized spacial score (nSPS) is 12.9. The summed E-state index contributed by atoms with van der Waals surface area (Å²) < 4.78 is 16.6. The predicted molar refractivity (Wildman–Crippen MR) is 168 cm³/mol. The molecule has 0 aromatic heterocycles. The number of urea groups is 1. The summed E-state index contributed by atoms with van der Waals surface area (Å²) in [6.45, 7) is 9.04. The van der Waals surface area contributed by atoms with Crippen molar-refractivity contribution in [1.29, 1.82) is 0 Å². The number of para-hydroxylation sites is 4. The highest BCUT2D eigenvalue weighted by atomic mass is 16.5. The van der Waals surface area contributed by atoms with Gasteiger partial charge in [0.15, 0.2) is 0 Å². The van der Waals surface area contributed by atoms with Crippen molar-refractivity contribution in [3.05, 3.63) is 72.3 Å². The number of ether oxygens (including phenoxy) is 3. The molecule has 10 heteroatoms.